The van der Waals surface area contributed by atoms with Crippen molar-refractivity contribution in [2.24, 2.45) is 0 Å². The van der Waals surface area contributed by atoms with E-state index in [0.29, 0.717) is 0 Å². The maximum atomic E-state index is 11.5. The Morgan fingerprint density at radius 3 is 2.22 bits per heavy atom. The number of benzene rings is 1. The summed E-state index contributed by atoms with van der Waals surface area (Å²) in [5, 5.41) is 1.18. The number of hydrogen-bond donors (Lipinski definition) is 0. The topological polar surface area (TPSA) is 29.5 Å². The van der Waals surface area contributed by atoms with Crippen molar-refractivity contribution in [1.29, 1.82) is 0 Å². The van der Waals surface area contributed by atoms with Crippen LogP contribution in [0.15, 0.2) is 30.3 Å². The van der Waals surface area contributed by atoms with E-state index in [0.717, 1.165) is 5.56 Å². The highest BCUT2D eigenvalue weighted by Crippen LogP contribution is 2.22. The summed E-state index contributed by atoms with van der Waals surface area (Å²) in [4.78, 5) is 16.3. The molecule has 1 amide bonds. The largest absolute Gasteiger partial charge is 0.274 e. The van der Waals surface area contributed by atoms with Gasteiger partial charge in [-0.15, -0.1) is 0 Å². The van der Waals surface area contributed by atoms with Gasteiger partial charge < -0.3 is 0 Å². The number of hydroxylamine groups is 2. The Kier molecular flexibility index (Phi) is 4.68. The number of nitrogens with zero attached hydrogens (tertiary/aromatic N) is 1. The van der Waals surface area contributed by atoms with E-state index in [2.05, 4.69) is 32.9 Å². The lowest BCUT2D eigenvalue weighted by atomic mass is 9.87. The van der Waals surface area contributed by atoms with Crippen LogP contribution in [-0.4, -0.2) is 25.1 Å². The van der Waals surface area contributed by atoms with Crippen molar-refractivity contribution in [3.05, 3.63) is 41.5 Å². The molecule has 3 nitrogen and oxygen atoms in total. The summed E-state index contributed by atoms with van der Waals surface area (Å²) in [6.45, 7) is 6.53. The summed E-state index contributed by atoms with van der Waals surface area (Å²) < 4.78 is 0. The van der Waals surface area contributed by atoms with E-state index in [4.69, 9.17) is 4.84 Å². The average molecular weight is 247 g/mol. The Balaban J connectivity index is 2.76. The van der Waals surface area contributed by atoms with Gasteiger partial charge in [0, 0.05) is 13.1 Å². The standard InChI is InChI=1S/C15H21NO2/c1-15(2,3)13-9-6-12(7-10-13)8-11-14(17)16(4)18-5/h6-11H,1-5H3. The molecular formula is C15H21NO2. The zero-order valence-corrected chi connectivity index (χ0v) is 11.7. The summed E-state index contributed by atoms with van der Waals surface area (Å²) in [5.41, 5.74) is 2.43. The second-order valence-corrected chi connectivity index (χ2v) is 5.22. The smallest absolute Gasteiger partial charge is 0.269 e. The third-order valence-electron chi connectivity index (χ3n) is 2.78. The number of hydrogen-bond acceptors (Lipinski definition) is 2. The van der Waals surface area contributed by atoms with Gasteiger partial charge in [-0.2, -0.15) is 0 Å². The molecule has 0 spiro atoms. The van der Waals surface area contributed by atoms with Crippen molar-refractivity contribution in [3.63, 3.8) is 0 Å². The molecule has 0 saturated heterocycles. The molecule has 18 heavy (non-hydrogen) atoms. The molecule has 0 unspecified atom stereocenters. The van der Waals surface area contributed by atoms with Crippen LogP contribution in [0.4, 0.5) is 0 Å². The van der Waals surface area contributed by atoms with Crippen molar-refractivity contribution < 1.29 is 9.63 Å². The Hall–Kier alpha value is -1.61. The SMILES string of the molecule is CON(C)C(=O)C=Cc1ccc(C(C)(C)C)cc1. The minimum absolute atomic E-state index is 0.147. The fourth-order valence-electron chi connectivity index (χ4n) is 1.46. The summed E-state index contributed by atoms with van der Waals surface area (Å²) in [7, 11) is 3.04. The van der Waals surface area contributed by atoms with Crippen LogP contribution in [0.2, 0.25) is 0 Å². The molecule has 0 aliphatic carbocycles. The quantitative estimate of drug-likeness (QED) is 0.607. The van der Waals surface area contributed by atoms with Crippen LogP contribution in [0, 0.1) is 0 Å². The van der Waals surface area contributed by atoms with Crippen molar-refractivity contribution in [2.45, 2.75) is 26.2 Å². The van der Waals surface area contributed by atoms with Crippen LogP contribution >= 0.6 is 0 Å². The number of carbonyl (C=O) groups is 1. The van der Waals surface area contributed by atoms with E-state index >= 15 is 0 Å². The van der Waals surface area contributed by atoms with Gasteiger partial charge in [-0.25, -0.2) is 5.06 Å². The minimum Gasteiger partial charge on any atom is -0.274 e. The van der Waals surface area contributed by atoms with Crippen LogP contribution in [0.1, 0.15) is 31.9 Å². The monoisotopic (exact) mass is 247 g/mol. The molecule has 0 N–H and O–H groups in total. The molecule has 0 atom stereocenters. The van der Waals surface area contributed by atoms with Crippen LogP contribution in [0.25, 0.3) is 6.08 Å². The summed E-state index contributed by atoms with van der Waals surface area (Å²) in [6, 6.07) is 8.20. The number of likely N-dealkylation sites (N-methyl/N-ethyl adjacent to an activating group) is 1. The average Bonchev–Trinajstić information content (AvgIpc) is 2.34. The lowest BCUT2D eigenvalue weighted by Gasteiger charge is -2.18. The molecule has 0 fully saturated rings. The van der Waals surface area contributed by atoms with Crippen molar-refractivity contribution in [2.75, 3.05) is 14.2 Å². The maximum absolute atomic E-state index is 11.5. The number of amides is 1. The van der Waals surface area contributed by atoms with Gasteiger partial charge in [0.2, 0.25) is 0 Å². The Bertz CT molecular complexity index is 427. The molecule has 1 rings (SSSR count). The second-order valence-electron chi connectivity index (χ2n) is 5.22. The fraction of sp³-hybridized carbons (Fsp3) is 0.400. The molecule has 0 aromatic heterocycles. The van der Waals surface area contributed by atoms with Gasteiger partial charge in [0.15, 0.2) is 0 Å². The first-order valence-corrected chi connectivity index (χ1v) is 5.95. The lowest BCUT2D eigenvalue weighted by molar-refractivity contribution is -0.162. The molecule has 0 bridgehead atoms. The molecule has 0 heterocycles. The number of rotatable bonds is 3. The van der Waals surface area contributed by atoms with E-state index in [1.807, 2.05) is 12.1 Å². The zero-order valence-electron chi connectivity index (χ0n) is 11.7. The van der Waals surface area contributed by atoms with Gasteiger partial charge in [-0.3, -0.25) is 9.63 Å². The van der Waals surface area contributed by atoms with Gasteiger partial charge in [-0.1, -0.05) is 45.0 Å². The number of carbonyl (C=O) groups excluding carboxylic acids is 1. The Morgan fingerprint density at radius 2 is 1.78 bits per heavy atom. The molecule has 98 valence electrons. The molecule has 0 aliphatic rings. The van der Waals surface area contributed by atoms with Crippen LogP contribution < -0.4 is 0 Å². The van der Waals surface area contributed by atoms with Crippen LogP contribution in [0.5, 0.6) is 0 Å². The first kappa shape index (κ1) is 14.5. The molecule has 0 aliphatic heterocycles. The summed E-state index contributed by atoms with van der Waals surface area (Å²) >= 11 is 0. The minimum atomic E-state index is -0.183. The molecule has 0 saturated carbocycles. The highest BCUT2D eigenvalue weighted by Gasteiger charge is 2.12. The predicted octanol–water partition coefficient (Wildman–Crippen LogP) is 3.02. The third kappa shape index (κ3) is 4.00. The second kappa shape index (κ2) is 5.83. The summed E-state index contributed by atoms with van der Waals surface area (Å²) in [5.74, 6) is -0.183. The van der Waals surface area contributed by atoms with Crippen molar-refractivity contribution in [3.8, 4) is 0 Å². The first-order chi connectivity index (χ1) is 8.34. The lowest BCUT2D eigenvalue weighted by Crippen LogP contribution is -2.22. The van der Waals surface area contributed by atoms with Crippen molar-refractivity contribution in [1.82, 2.24) is 5.06 Å². The highest BCUT2D eigenvalue weighted by atomic mass is 16.7. The predicted molar refractivity (Wildman–Crippen MR) is 74.0 cm³/mol. The van der Waals surface area contributed by atoms with E-state index in [1.165, 1.54) is 23.8 Å². The van der Waals surface area contributed by atoms with Gasteiger partial charge in [-0.05, 0) is 22.6 Å². The van der Waals surface area contributed by atoms with Crippen LogP contribution in [0.3, 0.4) is 0 Å². The summed E-state index contributed by atoms with van der Waals surface area (Å²) in [6.07, 6.45) is 3.28. The molecule has 3 heteroatoms. The van der Waals surface area contributed by atoms with Gasteiger partial charge >= 0.3 is 0 Å². The van der Waals surface area contributed by atoms with Crippen LogP contribution in [-0.2, 0) is 15.0 Å². The van der Waals surface area contributed by atoms with E-state index in [-0.39, 0.29) is 11.3 Å². The maximum Gasteiger partial charge on any atom is 0.269 e. The van der Waals surface area contributed by atoms with Gasteiger partial charge in [0.05, 0.1) is 7.11 Å². The van der Waals surface area contributed by atoms with Gasteiger partial charge in [0.25, 0.3) is 5.91 Å². The van der Waals surface area contributed by atoms with Gasteiger partial charge in [0.1, 0.15) is 0 Å². The first-order valence-electron chi connectivity index (χ1n) is 5.95. The molecule has 1 aromatic carbocycles. The third-order valence-corrected chi connectivity index (χ3v) is 2.78. The normalized spacial score (nSPS) is 11.8. The van der Waals surface area contributed by atoms with E-state index in [9.17, 15) is 4.79 Å². The Morgan fingerprint density at radius 1 is 1.22 bits per heavy atom. The molecular weight excluding hydrogens is 226 g/mol. The van der Waals surface area contributed by atoms with E-state index < -0.39 is 0 Å². The molecule has 1 aromatic rings. The van der Waals surface area contributed by atoms with E-state index in [1.54, 1.807) is 13.1 Å². The fourth-order valence-corrected chi connectivity index (χ4v) is 1.46. The highest BCUT2D eigenvalue weighted by molar-refractivity contribution is 5.90. The van der Waals surface area contributed by atoms with Crippen molar-refractivity contribution >= 4 is 12.0 Å². The zero-order chi connectivity index (χ0) is 13.8. The molecule has 0 radical (unpaired) electrons. The Labute approximate surface area is 109 Å².